The number of esters is 1. The Bertz CT molecular complexity index is 1930. The van der Waals surface area contributed by atoms with Crippen LogP contribution in [0.1, 0.15) is 69.3 Å². The number of nitrogens with zero attached hydrogens (tertiary/aromatic N) is 5. The van der Waals surface area contributed by atoms with E-state index in [1.807, 2.05) is 66.1 Å². The summed E-state index contributed by atoms with van der Waals surface area (Å²) in [6.45, 7) is 4.67. The monoisotopic (exact) mass is 610 g/mol. The van der Waals surface area contributed by atoms with Crippen LogP contribution in [0.15, 0.2) is 103 Å². The van der Waals surface area contributed by atoms with Crippen LogP contribution >= 0.6 is 0 Å². The van der Waals surface area contributed by atoms with Crippen molar-refractivity contribution in [2.24, 2.45) is 0 Å². The third-order valence-corrected chi connectivity index (χ3v) is 7.86. The van der Waals surface area contributed by atoms with E-state index in [2.05, 4.69) is 51.8 Å². The number of benzene rings is 4. The molecule has 0 aliphatic carbocycles. The van der Waals surface area contributed by atoms with Gasteiger partial charge in [-0.2, -0.15) is 5.21 Å². The van der Waals surface area contributed by atoms with Crippen molar-refractivity contribution in [3.63, 3.8) is 0 Å². The van der Waals surface area contributed by atoms with Gasteiger partial charge >= 0.3 is 5.97 Å². The van der Waals surface area contributed by atoms with Crippen molar-refractivity contribution in [3.05, 3.63) is 143 Å². The smallest absolute Gasteiger partial charge is 0.357 e. The summed E-state index contributed by atoms with van der Waals surface area (Å²) < 4.78 is 7.83. The fourth-order valence-corrected chi connectivity index (χ4v) is 5.52. The number of aromatic nitrogens is 6. The number of aromatic amines is 1. The molecule has 2 heterocycles. The number of carbonyl (C=O) groups excluding carboxylic acids is 2. The molecule has 0 amide bonds. The number of ether oxygens (including phenoxy) is 1. The highest BCUT2D eigenvalue weighted by molar-refractivity contribution is 6.08. The molecule has 6 rings (SSSR count). The third kappa shape index (κ3) is 6.53. The maximum absolute atomic E-state index is 13.6. The van der Waals surface area contributed by atoms with Crippen molar-refractivity contribution in [3.8, 4) is 22.5 Å². The number of H-pyrrole nitrogens is 1. The molecule has 0 saturated heterocycles. The molecule has 0 saturated carbocycles. The van der Waals surface area contributed by atoms with Crippen molar-refractivity contribution in [1.82, 2.24) is 30.2 Å². The SMILES string of the molecule is CCCc1nc(CC)c(C(=O)OCc2ccc(C(=O)c3ccccc3)cc2)n1Cc1ccc(-c2ccccc2-c2nn[nH]n2)cc1. The summed E-state index contributed by atoms with van der Waals surface area (Å²) >= 11 is 0. The first-order valence-corrected chi connectivity index (χ1v) is 15.4. The predicted molar refractivity (Wildman–Crippen MR) is 175 cm³/mol. The van der Waals surface area contributed by atoms with Crippen molar-refractivity contribution in [1.29, 1.82) is 0 Å². The highest BCUT2D eigenvalue weighted by atomic mass is 16.5. The lowest BCUT2D eigenvalue weighted by atomic mass is 9.98. The molecule has 9 nitrogen and oxygen atoms in total. The average molecular weight is 611 g/mol. The zero-order valence-corrected chi connectivity index (χ0v) is 25.8. The van der Waals surface area contributed by atoms with Crippen LogP contribution in [0, 0.1) is 0 Å². The summed E-state index contributed by atoms with van der Waals surface area (Å²) in [5.41, 5.74) is 7.16. The number of rotatable bonds is 12. The zero-order chi connectivity index (χ0) is 31.9. The van der Waals surface area contributed by atoms with Crippen LogP contribution in [0.4, 0.5) is 0 Å². The Balaban J connectivity index is 1.20. The molecule has 0 aliphatic rings. The number of ketones is 1. The lowest BCUT2D eigenvalue weighted by molar-refractivity contribution is 0.0458. The van der Waals surface area contributed by atoms with E-state index in [1.165, 1.54) is 0 Å². The number of carbonyl (C=O) groups is 2. The van der Waals surface area contributed by atoms with E-state index in [9.17, 15) is 9.59 Å². The van der Waals surface area contributed by atoms with E-state index in [1.54, 1.807) is 24.3 Å². The van der Waals surface area contributed by atoms with E-state index in [4.69, 9.17) is 9.72 Å². The summed E-state index contributed by atoms with van der Waals surface area (Å²) in [5.74, 6) is 0.936. The molecule has 0 unspecified atom stereocenters. The Kier molecular flexibility index (Phi) is 9.19. The molecule has 0 aliphatic heterocycles. The van der Waals surface area contributed by atoms with E-state index in [0.717, 1.165) is 52.2 Å². The normalized spacial score (nSPS) is 11.0. The van der Waals surface area contributed by atoms with Gasteiger partial charge < -0.3 is 9.30 Å². The van der Waals surface area contributed by atoms with Crippen LogP contribution in [0.25, 0.3) is 22.5 Å². The maximum Gasteiger partial charge on any atom is 0.357 e. The van der Waals surface area contributed by atoms with E-state index in [-0.39, 0.29) is 12.4 Å². The maximum atomic E-state index is 13.6. The van der Waals surface area contributed by atoms with Crippen molar-refractivity contribution in [2.45, 2.75) is 46.3 Å². The molecule has 0 spiro atoms. The second-order valence-corrected chi connectivity index (χ2v) is 11.0. The molecular formula is C37H34N6O3. The molecule has 46 heavy (non-hydrogen) atoms. The van der Waals surface area contributed by atoms with Gasteiger partial charge in [0.2, 0.25) is 5.82 Å². The Morgan fingerprint density at radius 1 is 0.783 bits per heavy atom. The Morgan fingerprint density at radius 3 is 2.13 bits per heavy atom. The molecule has 9 heteroatoms. The first kappa shape index (κ1) is 30.3. The summed E-state index contributed by atoms with van der Waals surface area (Å²) in [5, 5.41) is 14.5. The number of hydrogen-bond acceptors (Lipinski definition) is 7. The average Bonchev–Trinajstić information content (AvgIpc) is 3.77. The molecular weight excluding hydrogens is 576 g/mol. The Labute approximate surface area is 267 Å². The fourth-order valence-electron chi connectivity index (χ4n) is 5.52. The molecule has 0 bridgehead atoms. The minimum atomic E-state index is -0.415. The van der Waals surface area contributed by atoms with Gasteiger partial charge in [0.25, 0.3) is 0 Å². The van der Waals surface area contributed by atoms with Gasteiger partial charge in [0.05, 0.1) is 5.69 Å². The Morgan fingerprint density at radius 2 is 1.46 bits per heavy atom. The first-order chi connectivity index (χ1) is 22.6. The summed E-state index contributed by atoms with van der Waals surface area (Å²) in [4.78, 5) is 31.2. The third-order valence-electron chi connectivity index (χ3n) is 7.86. The van der Waals surface area contributed by atoms with Gasteiger partial charge in [-0.1, -0.05) is 117 Å². The second kappa shape index (κ2) is 13.9. The van der Waals surface area contributed by atoms with E-state index in [0.29, 0.717) is 35.6 Å². The quantitative estimate of drug-likeness (QED) is 0.119. The molecule has 2 aromatic heterocycles. The molecule has 4 aromatic carbocycles. The van der Waals surface area contributed by atoms with E-state index < -0.39 is 5.97 Å². The summed E-state index contributed by atoms with van der Waals surface area (Å²) in [6.07, 6.45) is 2.25. The van der Waals surface area contributed by atoms with Gasteiger partial charge in [-0.3, -0.25) is 4.79 Å². The van der Waals surface area contributed by atoms with Crippen LogP contribution in [-0.2, 0) is 30.7 Å². The van der Waals surface area contributed by atoms with E-state index >= 15 is 0 Å². The standard InChI is InChI=1S/C37H34N6O3/c1-3-10-33-38-32(4-2)34(37(45)46-24-26-17-21-29(22-18-26)35(44)28-11-6-5-7-12-28)43(33)23-25-15-19-27(20-16-25)30-13-8-9-14-31(30)36-39-41-42-40-36/h5-9,11-22H,3-4,10,23-24H2,1-2H3,(H,39,40,41,42). The minimum Gasteiger partial charge on any atom is -0.456 e. The molecule has 6 aromatic rings. The number of nitrogens with one attached hydrogen (secondary N) is 1. The molecule has 230 valence electrons. The highest BCUT2D eigenvalue weighted by Gasteiger charge is 2.24. The lowest BCUT2D eigenvalue weighted by Crippen LogP contribution is -2.16. The second-order valence-electron chi connectivity index (χ2n) is 11.0. The van der Waals surface area contributed by atoms with Gasteiger partial charge in [0.1, 0.15) is 12.4 Å². The highest BCUT2D eigenvalue weighted by Crippen LogP contribution is 2.30. The van der Waals surface area contributed by atoms with Crippen LogP contribution < -0.4 is 0 Å². The summed E-state index contributed by atoms with van der Waals surface area (Å²) in [7, 11) is 0. The zero-order valence-electron chi connectivity index (χ0n) is 25.8. The number of imidazole rings is 1. The van der Waals surface area contributed by atoms with Crippen molar-refractivity contribution in [2.75, 3.05) is 0 Å². The van der Waals surface area contributed by atoms with Gasteiger partial charge in [-0.15, -0.1) is 10.2 Å². The summed E-state index contributed by atoms with van der Waals surface area (Å²) in [6, 6.07) is 32.5. The first-order valence-electron chi connectivity index (χ1n) is 15.4. The molecule has 0 fully saturated rings. The van der Waals surface area contributed by atoms with Crippen molar-refractivity contribution < 1.29 is 14.3 Å². The van der Waals surface area contributed by atoms with Crippen LogP contribution in [0.3, 0.4) is 0 Å². The van der Waals surface area contributed by atoms with Crippen LogP contribution in [0.5, 0.6) is 0 Å². The largest absolute Gasteiger partial charge is 0.456 e. The van der Waals surface area contributed by atoms with Crippen molar-refractivity contribution >= 4 is 11.8 Å². The topological polar surface area (TPSA) is 116 Å². The molecule has 1 N–H and O–H groups in total. The van der Waals surface area contributed by atoms with Crippen LogP contribution in [-0.4, -0.2) is 41.9 Å². The van der Waals surface area contributed by atoms with Gasteiger partial charge in [0.15, 0.2) is 11.5 Å². The molecule has 0 radical (unpaired) electrons. The van der Waals surface area contributed by atoms with Gasteiger partial charge in [-0.05, 0) is 40.3 Å². The Hall–Kier alpha value is -5.70. The number of aryl methyl sites for hydroxylation is 2. The molecule has 0 atom stereocenters. The minimum absolute atomic E-state index is 0.0479. The van der Waals surface area contributed by atoms with Gasteiger partial charge in [-0.25, -0.2) is 9.78 Å². The number of hydrogen-bond donors (Lipinski definition) is 1. The lowest BCUT2D eigenvalue weighted by Gasteiger charge is -2.14. The fraction of sp³-hybridized carbons (Fsp3) is 0.189. The van der Waals surface area contributed by atoms with Gasteiger partial charge in [0, 0.05) is 29.7 Å². The predicted octanol–water partition coefficient (Wildman–Crippen LogP) is 6.88. The van der Waals surface area contributed by atoms with Crippen LogP contribution in [0.2, 0.25) is 0 Å². The number of tetrazole rings is 1.